The van der Waals surface area contributed by atoms with Crippen LogP contribution < -0.4 is 0 Å². The molecule has 0 aliphatic rings. The van der Waals surface area contributed by atoms with E-state index in [2.05, 4.69) is 58.1 Å². The molecule has 0 aliphatic carbocycles. The van der Waals surface area contributed by atoms with Crippen LogP contribution in [-0.4, -0.2) is 29.9 Å². The molecule has 154 valence electrons. The summed E-state index contributed by atoms with van der Waals surface area (Å²) < 4.78 is 7.27. The zero-order chi connectivity index (χ0) is 21.3. The maximum Gasteiger partial charge on any atom is 0.237 e. The van der Waals surface area contributed by atoms with E-state index < -0.39 is 0 Å². The minimum absolute atomic E-state index is 0.109. The first-order valence-corrected chi connectivity index (χ1v) is 10.7. The highest BCUT2D eigenvalue weighted by Crippen LogP contribution is 2.28. The van der Waals surface area contributed by atoms with Crippen LogP contribution >= 0.6 is 11.8 Å². The molecule has 30 heavy (non-hydrogen) atoms. The quantitative estimate of drug-likeness (QED) is 0.424. The maximum atomic E-state index is 5.46. The average Bonchev–Trinajstić information content (AvgIpc) is 3.32. The van der Waals surface area contributed by atoms with Gasteiger partial charge < -0.3 is 4.52 Å². The fourth-order valence-electron chi connectivity index (χ4n) is 3.09. The topological polar surface area (TPSA) is 82.5 Å². The Bertz CT molecular complexity index is 1160. The Morgan fingerprint density at radius 2 is 1.77 bits per heavy atom. The molecule has 7 nitrogen and oxygen atoms in total. The standard InChI is InChI=1S/C22H24N6OS/c1-14-12-15(2)28(26-14)20-21(24-11-10-23-20)30-13-18-25-19(27-29-18)16-6-8-17(9-7-16)22(3,4)5/h6-12H,13H2,1-5H3. The molecule has 4 aromatic rings. The van der Waals surface area contributed by atoms with Crippen LogP contribution in [0.2, 0.25) is 0 Å². The average molecular weight is 421 g/mol. The number of nitrogens with zero attached hydrogens (tertiary/aromatic N) is 6. The molecule has 8 heteroatoms. The van der Waals surface area contributed by atoms with Crippen LogP contribution in [0, 0.1) is 13.8 Å². The molecule has 0 bridgehead atoms. The number of benzene rings is 1. The van der Waals surface area contributed by atoms with Gasteiger partial charge in [0.25, 0.3) is 0 Å². The summed E-state index contributed by atoms with van der Waals surface area (Å²) in [5, 5.41) is 9.41. The fraction of sp³-hybridized carbons (Fsp3) is 0.318. The molecule has 3 aromatic heterocycles. The lowest BCUT2D eigenvalue weighted by Crippen LogP contribution is -2.10. The van der Waals surface area contributed by atoms with Gasteiger partial charge >= 0.3 is 0 Å². The molecule has 0 spiro atoms. The highest BCUT2D eigenvalue weighted by molar-refractivity contribution is 7.98. The molecular weight excluding hydrogens is 396 g/mol. The third kappa shape index (κ3) is 4.28. The number of aryl methyl sites for hydroxylation is 2. The van der Waals surface area contributed by atoms with E-state index in [1.54, 1.807) is 17.1 Å². The van der Waals surface area contributed by atoms with Crippen molar-refractivity contribution in [3.63, 3.8) is 0 Å². The summed E-state index contributed by atoms with van der Waals surface area (Å²) in [6, 6.07) is 10.3. The first-order chi connectivity index (χ1) is 14.3. The van der Waals surface area contributed by atoms with E-state index >= 15 is 0 Å². The summed E-state index contributed by atoms with van der Waals surface area (Å²) in [7, 11) is 0. The monoisotopic (exact) mass is 420 g/mol. The van der Waals surface area contributed by atoms with Gasteiger partial charge in [-0.05, 0) is 30.9 Å². The van der Waals surface area contributed by atoms with Gasteiger partial charge in [0.2, 0.25) is 11.7 Å². The van der Waals surface area contributed by atoms with E-state index in [1.165, 1.54) is 17.3 Å². The minimum Gasteiger partial charge on any atom is -0.338 e. The van der Waals surface area contributed by atoms with Gasteiger partial charge in [0, 0.05) is 23.7 Å². The van der Waals surface area contributed by atoms with Crippen molar-refractivity contribution in [3.05, 3.63) is 65.6 Å². The smallest absolute Gasteiger partial charge is 0.237 e. The van der Waals surface area contributed by atoms with Crippen LogP contribution in [0.3, 0.4) is 0 Å². The van der Waals surface area contributed by atoms with Crippen molar-refractivity contribution in [2.45, 2.75) is 50.8 Å². The lowest BCUT2D eigenvalue weighted by molar-refractivity contribution is 0.391. The number of thioether (sulfide) groups is 1. The normalized spacial score (nSPS) is 11.8. The van der Waals surface area contributed by atoms with Crippen LogP contribution in [0.25, 0.3) is 17.2 Å². The lowest BCUT2D eigenvalue weighted by atomic mass is 9.87. The van der Waals surface area contributed by atoms with Gasteiger partial charge in [0.05, 0.1) is 11.4 Å². The Hall–Kier alpha value is -3.00. The maximum absolute atomic E-state index is 5.46. The molecule has 0 N–H and O–H groups in total. The minimum atomic E-state index is 0.109. The molecular formula is C22H24N6OS. The predicted molar refractivity (Wildman–Crippen MR) is 117 cm³/mol. The number of rotatable bonds is 5. The van der Waals surface area contributed by atoms with Crippen molar-refractivity contribution in [1.29, 1.82) is 0 Å². The Morgan fingerprint density at radius 1 is 1.03 bits per heavy atom. The van der Waals surface area contributed by atoms with E-state index in [9.17, 15) is 0 Å². The van der Waals surface area contributed by atoms with Crippen LogP contribution in [-0.2, 0) is 11.2 Å². The van der Waals surface area contributed by atoms with Gasteiger partial charge in [0.15, 0.2) is 5.82 Å². The van der Waals surface area contributed by atoms with E-state index in [-0.39, 0.29) is 5.41 Å². The Kier molecular flexibility index (Phi) is 5.42. The third-order valence-corrected chi connectivity index (χ3v) is 5.62. The Morgan fingerprint density at radius 3 is 2.43 bits per heavy atom. The molecule has 0 amide bonds. The second-order valence-corrected chi connectivity index (χ2v) is 9.12. The van der Waals surface area contributed by atoms with Crippen LogP contribution in [0.1, 0.15) is 43.6 Å². The van der Waals surface area contributed by atoms with Crippen molar-refractivity contribution in [3.8, 4) is 17.2 Å². The Balaban J connectivity index is 1.50. The van der Waals surface area contributed by atoms with Crippen LogP contribution in [0.5, 0.6) is 0 Å². The van der Waals surface area contributed by atoms with Crippen molar-refractivity contribution >= 4 is 11.8 Å². The molecule has 0 saturated heterocycles. The van der Waals surface area contributed by atoms with Gasteiger partial charge in [0.1, 0.15) is 5.03 Å². The van der Waals surface area contributed by atoms with E-state index in [4.69, 9.17) is 4.52 Å². The van der Waals surface area contributed by atoms with E-state index in [1.807, 2.05) is 32.0 Å². The number of hydrogen-bond acceptors (Lipinski definition) is 7. The predicted octanol–water partition coefficient (Wildman–Crippen LogP) is 4.92. The second kappa shape index (κ2) is 8.02. The molecule has 0 fully saturated rings. The fourth-order valence-corrected chi connectivity index (χ4v) is 3.87. The molecule has 4 rings (SSSR count). The SMILES string of the molecule is Cc1cc(C)n(-c2nccnc2SCc2nc(-c3ccc(C(C)(C)C)cc3)no2)n1. The summed E-state index contributed by atoms with van der Waals surface area (Å²) in [5.74, 6) is 2.33. The first-order valence-electron chi connectivity index (χ1n) is 9.72. The summed E-state index contributed by atoms with van der Waals surface area (Å²) in [6.45, 7) is 10.5. The van der Waals surface area contributed by atoms with E-state index in [0.29, 0.717) is 23.3 Å². The Labute approximate surface area is 180 Å². The third-order valence-electron chi connectivity index (χ3n) is 4.67. The summed E-state index contributed by atoms with van der Waals surface area (Å²) in [5.41, 5.74) is 4.26. The van der Waals surface area contributed by atoms with Gasteiger partial charge in [-0.15, -0.1) is 0 Å². The second-order valence-electron chi connectivity index (χ2n) is 8.15. The molecule has 3 heterocycles. The zero-order valence-electron chi connectivity index (χ0n) is 17.7. The van der Waals surface area contributed by atoms with Gasteiger partial charge in [-0.1, -0.05) is 62.0 Å². The molecule has 0 saturated carbocycles. The van der Waals surface area contributed by atoms with E-state index in [0.717, 1.165) is 22.0 Å². The van der Waals surface area contributed by atoms with Gasteiger partial charge in [-0.2, -0.15) is 10.1 Å². The first kappa shape index (κ1) is 20.3. The molecule has 0 atom stereocenters. The lowest BCUT2D eigenvalue weighted by Gasteiger charge is -2.18. The van der Waals surface area contributed by atoms with Crippen LogP contribution in [0.4, 0.5) is 0 Å². The molecule has 1 aromatic carbocycles. The number of aromatic nitrogens is 6. The highest BCUT2D eigenvalue weighted by Gasteiger charge is 2.16. The molecule has 0 unspecified atom stereocenters. The van der Waals surface area contributed by atoms with Crippen molar-refractivity contribution in [2.24, 2.45) is 0 Å². The van der Waals surface area contributed by atoms with Gasteiger partial charge in [-0.25, -0.2) is 14.6 Å². The number of hydrogen-bond donors (Lipinski definition) is 0. The summed E-state index contributed by atoms with van der Waals surface area (Å²) >= 11 is 1.50. The van der Waals surface area contributed by atoms with Crippen LogP contribution in [0.15, 0.2) is 52.3 Å². The highest BCUT2D eigenvalue weighted by atomic mass is 32.2. The van der Waals surface area contributed by atoms with Crippen molar-refractivity contribution in [2.75, 3.05) is 0 Å². The molecule has 0 aliphatic heterocycles. The van der Waals surface area contributed by atoms with Gasteiger partial charge in [-0.3, -0.25) is 0 Å². The molecule has 0 radical (unpaired) electrons. The largest absolute Gasteiger partial charge is 0.338 e. The van der Waals surface area contributed by atoms with Crippen molar-refractivity contribution in [1.82, 2.24) is 29.9 Å². The van der Waals surface area contributed by atoms with Crippen molar-refractivity contribution < 1.29 is 4.52 Å². The summed E-state index contributed by atoms with van der Waals surface area (Å²) in [4.78, 5) is 13.5. The zero-order valence-corrected chi connectivity index (χ0v) is 18.6. The summed E-state index contributed by atoms with van der Waals surface area (Å²) in [6.07, 6.45) is 3.34.